The van der Waals surface area contributed by atoms with Crippen LogP contribution < -0.4 is 5.32 Å². The first kappa shape index (κ1) is 15.4. The molecule has 1 aromatic rings. The van der Waals surface area contributed by atoms with Gasteiger partial charge < -0.3 is 5.32 Å². The number of nitrogens with zero attached hydrogens (tertiary/aromatic N) is 1. The molecule has 4 heteroatoms. The average molecular weight is 355 g/mol. The molecule has 0 bridgehead atoms. The smallest absolute Gasteiger partial charge is 0.137 e. The first-order valence-electron chi connectivity index (χ1n) is 8.09. The molecule has 2 fully saturated rings. The summed E-state index contributed by atoms with van der Waals surface area (Å²) >= 11 is 3.41. The molecule has 0 spiro atoms. The lowest BCUT2D eigenvalue weighted by Gasteiger charge is -2.41. The van der Waals surface area contributed by atoms with Crippen molar-refractivity contribution in [2.24, 2.45) is 5.92 Å². The SMILES string of the molecule is CCCC1CNC(C2CC2)CN1Cc1cccc(F)c1Br. The minimum absolute atomic E-state index is 0.159. The van der Waals surface area contributed by atoms with Gasteiger partial charge in [-0.25, -0.2) is 4.39 Å². The van der Waals surface area contributed by atoms with E-state index >= 15 is 0 Å². The van der Waals surface area contributed by atoms with Crippen LogP contribution >= 0.6 is 15.9 Å². The number of halogens is 2. The molecule has 1 saturated carbocycles. The Kier molecular flexibility index (Phi) is 4.97. The van der Waals surface area contributed by atoms with E-state index in [0.717, 1.165) is 31.1 Å². The summed E-state index contributed by atoms with van der Waals surface area (Å²) in [6.07, 6.45) is 5.14. The third-order valence-electron chi connectivity index (χ3n) is 4.78. The van der Waals surface area contributed by atoms with E-state index in [4.69, 9.17) is 0 Å². The van der Waals surface area contributed by atoms with Crippen molar-refractivity contribution in [3.05, 3.63) is 34.1 Å². The second kappa shape index (κ2) is 6.76. The number of hydrogen-bond acceptors (Lipinski definition) is 2. The molecule has 1 aliphatic carbocycles. The Hall–Kier alpha value is -0.450. The molecule has 1 saturated heterocycles. The molecule has 2 nitrogen and oxygen atoms in total. The topological polar surface area (TPSA) is 15.3 Å². The lowest BCUT2D eigenvalue weighted by atomic mass is 10.0. The average Bonchev–Trinajstić information content (AvgIpc) is 3.30. The Balaban J connectivity index is 1.73. The first-order chi connectivity index (χ1) is 10.2. The summed E-state index contributed by atoms with van der Waals surface area (Å²) in [5.41, 5.74) is 1.06. The normalized spacial score (nSPS) is 27.0. The van der Waals surface area contributed by atoms with Gasteiger partial charge in [0.25, 0.3) is 0 Å². The second-order valence-electron chi connectivity index (χ2n) is 6.44. The van der Waals surface area contributed by atoms with Crippen molar-refractivity contribution in [3.63, 3.8) is 0 Å². The molecule has 1 N–H and O–H groups in total. The number of rotatable bonds is 5. The third kappa shape index (κ3) is 3.66. The van der Waals surface area contributed by atoms with Gasteiger partial charge in [-0.2, -0.15) is 0 Å². The fourth-order valence-electron chi connectivity index (χ4n) is 3.40. The Morgan fingerprint density at radius 2 is 2.19 bits per heavy atom. The summed E-state index contributed by atoms with van der Waals surface area (Å²) in [6.45, 7) is 5.25. The Bertz CT molecular complexity index is 490. The van der Waals surface area contributed by atoms with E-state index in [2.05, 4.69) is 33.1 Å². The van der Waals surface area contributed by atoms with Gasteiger partial charge in [0.1, 0.15) is 5.82 Å². The van der Waals surface area contributed by atoms with Crippen LogP contribution in [0.5, 0.6) is 0 Å². The molecule has 21 heavy (non-hydrogen) atoms. The molecule has 1 heterocycles. The van der Waals surface area contributed by atoms with E-state index in [1.54, 1.807) is 0 Å². The highest BCUT2D eigenvalue weighted by Crippen LogP contribution is 2.35. The molecule has 1 aromatic carbocycles. The van der Waals surface area contributed by atoms with Gasteiger partial charge >= 0.3 is 0 Å². The van der Waals surface area contributed by atoms with Gasteiger partial charge in [-0.3, -0.25) is 4.90 Å². The fraction of sp³-hybridized carbons (Fsp3) is 0.647. The highest BCUT2D eigenvalue weighted by Gasteiger charge is 2.36. The van der Waals surface area contributed by atoms with E-state index in [9.17, 15) is 4.39 Å². The summed E-state index contributed by atoms with van der Waals surface area (Å²) in [5.74, 6) is 0.708. The van der Waals surface area contributed by atoms with Crippen molar-refractivity contribution < 1.29 is 4.39 Å². The zero-order chi connectivity index (χ0) is 14.8. The van der Waals surface area contributed by atoms with Gasteiger partial charge in [-0.15, -0.1) is 0 Å². The Labute approximate surface area is 135 Å². The number of benzene rings is 1. The maximum Gasteiger partial charge on any atom is 0.137 e. The highest BCUT2D eigenvalue weighted by atomic mass is 79.9. The molecule has 2 atom stereocenters. The maximum atomic E-state index is 13.7. The van der Waals surface area contributed by atoms with Crippen molar-refractivity contribution in [2.45, 2.75) is 51.2 Å². The molecule has 0 aromatic heterocycles. The van der Waals surface area contributed by atoms with Crippen LogP contribution in [0.3, 0.4) is 0 Å². The summed E-state index contributed by atoms with van der Waals surface area (Å²) < 4.78 is 14.3. The predicted molar refractivity (Wildman–Crippen MR) is 87.7 cm³/mol. The van der Waals surface area contributed by atoms with Gasteiger partial charge in [-0.05, 0) is 52.7 Å². The zero-order valence-electron chi connectivity index (χ0n) is 12.6. The van der Waals surface area contributed by atoms with Crippen LogP contribution in [0.4, 0.5) is 4.39 Å². The largest absolute Gasteiger partial charge is 0.311 e. The summed E-state index contributed by atoms with van der Waals surface area (Å²) in [5, 5.41) is 3.73. The number of nitrogens with one attached hydrogen (secondary N) is 1. The molecular weight excluding hydrogens is 331 g/mol. The van der Waals surface area contributed by atoms with E-state index < -0.39 is 0 Å². The van der Waals surface area contributed by atoms with Crippen LogP contribution in [0.1, 0.15) is 38.2 Å². The predicted octanol–water partition coefficient (Wildman–Crippen LogP) is 3.94. The van der Waals surface area contributed by atoms with Crippen molar-refractivity contribution in [3.8, 4) is 0 Å². The van der Waals surface area contributed by atoms with Crippen LogP contribution in [0.2, 0.25) is 0 Å². The minimum Gasteiger partial charge on any atom is -0.311 e. The van der Waals surface area contributed by atoms with Crippen molar-refractivity contribution in [2.75, 3.05) is 13.1 Å². The van der Waals surface area contributed by atoms with Crippen LogP contribution in [-0.2, 0) is 6.54 Å². The molecule has 116 valence electrons. The van der Waals surface area contributed by atoms with Gasteiger partial charge in [0, 0.05) is 31.7 Å². The Morgan fingerprint density at radius 1 is 1.38 bits per heavy atom. The maximum absolute atomic E-state index is 13.7. The molecule has 2 unspecified atom stereocenters. The van der Waals surface area contributed by atoms with Crippen LogP contribution in [-0.4, -0.2) is 30.1 Å². The van der Waals surface area contributed by atoms with E-state index in [1.165, 1.54) is 31.7 Å². The van der Waals surface area contributed by atoms with E-state index in [-0.39, 0.29) is 5.82 Å². The molecule has 0 amide bonds. The van der Waals surface area contributed by atoms with Crippen LogP contribution in [0.25, 0.3) is 0 Å². The summed E-state index contributed by atoms with van der Waals surface area (Å²) in [6, 6.07) is 6.56. The van der Waals surface area contributed by atoms with Gasteiger partial charge in [0.2, 0.25) is 0 Å². The summed E-state index contributed by atoms with van der Waals surface area (Å²) in [7, 11) is 0. The summed E-state index contributed by atoms with van der Waals surface area (Å²) in [4.78, 5) is 2.56. The van der Waals surface area contributed by atoms with E-state index in [1.807, 2.05) is 12.1 Å². The lowest BCUT2D eigenvalue weighted by Crippen LogP contribution is -2.56. The fourth-order valence-corrected chi connectivity index (χ4v) is 3.79. The molecule has 1 aliphatic heterocycles. The molecular formula is C17H24BrFN2. The Morgan fingerprint density at radius 3 is 2.90 bits per heavy atom. The quantitative estimate of drug-likeness (QED) is 0.861. The van der Waals surface area contributed by atoms with Crippen molar-refractivity contribution in [1.82, 2.24) is 10.2 Å². The van der Waals surface area contributed by atoms with Crippen molar-refractivity contribution in [1.29, 1.82) is 0 Å². The lowest BCUT2D eigenvalue weighted by molar-refractivity contribution is 0.107. The molecule has 0 radical (unpaired) electrons. The van der Waals surface area contributed by atoms with Gasteiger partial charge in [0.05, 0.1) is 4.47 Å². The van der Waals surface area contributed by atoms with E-state index in [0.29, 0.717) is 16.6 Å². The van der Waals surface area contributed by atoms with Crippen molar-refractivity contribution >= 4 is 15.9 Å². The number of hydrogen-bond donors (Lipinski definition) is 1. The second-order valence-corrected chi connectivity index (χ2v) is 7.23. The minimum atomic E-state index is -0.159. The molecule has 3 rings (SSSR count). The molecule has 2 aliphatic rings. The first-order valence-corrected chi connectivity index (χ1v) is 8.88. The van der Waals surface area contributed by atoms with Gasteiger partial charge in [-0.1, -0.05) is 25.5 Å². The van der Waals surface area contributed by atoms with Crippen LogP contribution in [0, 0.1) is 11.7 Å². The zero-order valence-corrected chi connectivity index (χ0v) is 14.2. The van der Waals surface area contributed by atoms with Crippen LogP contribution in [0.15, 0.2) is 22.7 Å². The standard InChI is InChI=1S/C17H24BrFN2/c1-2-4-14-9-20-16(12-7-8-12)11-21(14)10-13-5-3-6-15(19)17(13)18/h3,5-6,12,14,16,20H,2,4,7-11H2,1H3. The van der Waals surface area contributed by atoms with Gasteiger partial charge in [0.15, 0.2) is 0 Å². The monoisotopic (exact) mass is 354 g/mol. The third-order valence-corrected chi connectivity index (χ3v) is 5.67. The number of piperazine rings is 1. The highest BCUT2D eigenvalue weighted by molar-refractivity contribution is 9.10.